The van der Waals surface area contributed by atoms with Gasteiger partial charge in [0.05, 0.1) is 21.3 Å². The second-order valence-electron chi connectivity index (χ2n) is 4.06. The number of hydrogen-bond donors (Lipinski definition) is 1. The first-order valence-electron chi connectivity index (χ1n) is 5.60. The van der Waals surface area contributed by atoms with E-state index in [4.69, 9.17) is 19.9 Å². The lowest BCUT2D eigenvalue weighted by Gasteiger charge is -2.26. The lowest BCUT2D eigenvalue weighted by Crippen LogP contribution is -2.45. The predicted octanol–water partition coefficient (Wildman–Crippen LogP) is 2.91. The van der Waals surface area contributed by atoms with Crippen molar-refractivity contribution in [2.24, 2.45) is 5.73 Å². The Kier molecular flexibility index (Phi) is 4.87. The zero-order chi connectivity index (χ0) is 16.4. The fraction of sp³-hybridized carbons (Fsp3) is 0.500. The number of halogens is 5. The third kappa shape index (κ3) is 3.12. The molecule has 120 valence electrons. The van der Waals surface area contributed by atoms with Crippen LogP contribution in [-0.2, 0) is 0 Å². The Bertz CT molecular complexity index is 479. The second-order valence-corrected chi connectivity index (χ2v) is 4.06. The molecule has 1 atom stereocenters. The SMILES string of the molecule is COc1cc([C@H](N)C(F)(F)C(F)(F)F)cc(OC)c1OC. The number of hydrogen-bond acceptors (Lipinski definition) is 4. The zero-order valence-corrected chi connectivity index (χ0v) is 11.4. The van der Waals surface area contributed by atoms with Crippen LogP contribution in [0.2, 0.25) is 0 Å². The van der Waals surface area contributed by atoms with Crippen LogP contribution in [0.3, 0.4) is 0 Å². The standard InChI is InChI=1S/C12H14F5NO3/c1-19-7-4-6(5-8(20-2)9(7)21-3)10(18)11(13,14)12(15,16)17/h4-5,10H,18H2,1-3H3/t10-/m0/s1. The summed E-state index contributed by atoms with van der Waals surface area (Å²) >= 11 is 0. The van der Waals surface area contributed by atoms with Crippen LogP contribution in [0.15, 0.2) is 12.1 Å². The van der Waals surface area contributed by atoms with Gasteiger partial charge in [-0.05, 0) is 17.7 Å². The van der Waals surface area contributed by atoms with Crippen LogP contribution in [0.25, 0.3) is 0 Å². The number of nitrogens with two attached hydrogens (primary N) is 1. The maximum Gasteiger partial charge on any atom is 0.455 e. The molecule has 4 nitrogen and oxygen atoms in total. The molecule has 0 aliphatic rings. The van der Waals surface area contributed by atoms with Gasteiger partial charge in [0.15, 0.2) is 11.5 Å². The van der Waals surface area contributed by atoms with Gasteiger partial charge in [-0.15, -0.1) is 0 Å². The normalized spacial score (nSPS) is 13.8. The minimum atomic E-state index is -5.77. The summed E-state index contributed by atoms with van der Waals surface area (Å²) in [4.78, 5) is 0. The highest BCUT2D eigenvalue weighted by Crippen LogP contribution is 2.46. The van der Waals surface area contributed by atoms with Crippen molar-refractivity contribution in [2.75, 3.05) is 21.3 Å². The fourth-order valence-corrected chi connectivity index (χ4v) is 1.67. The molecule has 9 heteroatoms. The molecule has 0 aliphatic heterocycles. The Morgan fingerprint density at radius 3 is 1.62 bits per heavy atom. The Morgan fingerprint density at radius 1 is 0.905 bits per heavy atom. The molecule has 0 radical (unpaired) electrons. The third-order valence-corrected chi connectivity index (χ3v) is 2.81. The number of alkyl halides is 5. The van der Waals surface area contributed by atoms with Gasteiger partial charge in [0.2, 0.25) is 5.75 Å². The number of benzene rings is 1. The van der Waals surface area contributed by atoms with Crippen LogP contribution in [0.4, 0.5) is 22.0 Å². The molecule has 21 heavy (non-hydrogen) atoms. The highest BCUT2D eigenvalue weighted by atomic mass is 19.4. The van der Waals surface area contributed by atoms with Crippen LogP contribution < -0.4 is 19.9 Å². The molecule has 0 saturated heterocycles. The Labute approximate surface area is 117 Å². The zero-order valence-electron chi connectivity index (χ0n) is 11.4. The van der Waals surface area contributed by atoms with E-state index in [1.54, 1.807) is 0 Å². The topological polar surface area (TPSA) is 53.7 Å². The molecule has 0 unspecified atom stereocenters. The van der Waals surface area contributed by atoms with E-state index in [0.29, 0.717) is 0 Å². The molecule has 0 amide bonds. The molecular weight excluding hydrogens is 301 g/mol. The summed E-state index contributed by atoms with van der Waals surface area (Å²) in [6.45, 7) is 0. The first kappa shape index (κ1) is 17.3. The van der Waals surface area contributed by atoms with Gasteiger partial charge in [0.1, 0.15) is 6.04 Å². The van der Waals surface area contributed by atoms with Crippen LogP contribution in [0.5, 0.6) is 17.2 Å². The first-order chi connectivity index (χ1) is 9.60. The van der Waals surface area contributed by atoms with Crippen molar-refractivity contribution in [3.8, 4) is 17.2 Å². The first-order valence-corrected chi connectivity index (χ1v) is 5.60. The van der Waals surface area contributed by atoms with E-state index >= 15 is 0 Å². The van der Waals surface area contributed by atoms with Crippen LogP contribution in [-0.4, -0.2) is 33.4 Å². The van der Waals surface area contributed by atoms with Gasteiger partial charge >= 0.3 is 12.1 Å². The quantitative estimate of drug-likeness (QED) is 0.849. The minimum Gasteiger partial charge on any atom is -0.493 e. The molecular formula is C12H14F5NO3. The largest absolute Gasteiger partial charge is 0.493 e. The Morgan fingerprint density at radius 2 is 1.33 bits per heavy atom. The Hall–Kier alpha value is -1.77. The summed E-state index contributed by atoms with van der Waals surface area (Å²) in [5.41, 5.74) is 4.58. The van der Waals surface area contributed by atoms with Crippen LogP contribution >= 0.6 is 0 Å². The molecule has 1 aromatic rings. The molecule has 0 fully saturated rings. The van der Waals surface area contributed by atoms with Crippen molar-refractivity contribution in [3.63, 3.8) is 0 Å². The fourth-order valence-electron chi connectivity index (χ4n) is 1.67. The minimum absolute atomic E-state index is 0.0614. The maximum atomic E-state index is 13.3. The molecule has 0 aromatic heterocycles. The van der Waals surface area contributed by atoms with E-state index in [2.05, 4.69) is 0 Å². The van der Waals surface area contributed by atoms with E-state index in [1.807, 2.05) is 0 Å². The number of ether oxygens (including phenoxy) is 3. The molecule has 1 rings (SSSR count). The van der Waals surface area contributed by atoms with Crippen molar-refractivity contribution in [1.29, 1.82) is 0 Å². The molecule has 1 aromatic carbocycles. The van der Waals surface area contributed by atoms with Gasteiger partial charge in [0, 0.05) is 0 Å². The summed E-state index contributed by atoms with van der Waals surface area (Å²) in [6.07, 6.45) is -5.77. The second kappa shape index (κ2) is 5.92. The van der Waals surface area contributed by atoms with E-state index in [9.17, 15) is 22.0 Å². The molecule has 0 aliphatic carbocycles. The van der Waals surface area contributed by atoms with E-state index in [1.165, 1.54) is 21.3 Å². The third-order valence-electron chi connectivity index (χ3n) is 2.81. The molecule has 0 heterocycles. The predicted molar refractivity (Wildman–Crippen MR) is 64.0 cm³/mol. The summed E-state index contributed by atoms with van der Waals surface area (Å²) in [6, 6.07) is -0.705. The van der Waals surface area contributed by atoms with Crippen molar-refractivity contribution < 1.29 is 36.2 Å². The lowest BCUT2D eigenvalue weighted by atomic mass is 10.00. The highest BCUT2D eigenvalue weighted by Gasteiger charge is 2.61. The van der Waals surface area contributed by atoms with Crippen LogP contribution in [0, 0.1) is 0 Å². The van der Waals surface area contributed by atoms with Crippen LogP contribution in [0.1, 0.15) is 11.6 Å². The van der Waals surface area contributed by atoms with E-state index < -0.39 is 23.7 Å². The average molecular weight is 315 g/mol. The van der Waals surface area contributed by atoms with Gasteiger partial charge in [-0.3, -0.25) is 0 Å². The van der Waals surface area contributed by atoms with Crippen molar-refractivity contribution in [1.82, 2.24) is 0 Å². The molecule has 0 spiro atoms. The summed E-state index contributed by atoms with van der Waals surface area (Å²) in [5, 5.41) is 0. The van der Waals surface area contributed by atoms with Gasteiger partial charge in [-0.1, -0.05) is 0 Å². The average Bonchev–Trinajstić information content (AvgIpc) is 2.43. The van der Waals surface area contributed by atoms with Crippen molar-refractivity contribution in [3.05, 3.63) is 17.7 Å². The highest BCUT2D eigenvalue weighted by molar-refractivity contribution is 5.54. The van der Waals surface area contributed by atoms with Crippen molar-refractivity contribution >= 4 is 0 Å². The van der Waals surface area contributed by atoms with Gasteiger partial charge < -0.3 is 19.9 Å². The van der Waals surface area contributed by atoms with Gasteiger partial charge in [-0.2, -0.15) is 22.0 Å². The maximum absolute atomic E-state index is 13.3. The van der Waals surface area contributed by atoms with Gasteiger partial charge in [-0.25, -0.2) is 0 Å². The summed E-state index contributed by atoms with van der Waals surface area (Å²) in [7, 11) is 3.67. The number of methoxy groups -OCH3 is 3. The summed E-state index contributed by atoms with van der Waals surface area (Å²) < 4.78 is 78.4. The smallest absolute Gasteiger partial charge is 0.455 e. The summed E-state index contributed by atoms with van der Waals surface area (Å²) in [5.74, 6) is -5.18. The lowest BCUT2D eigenvalue weighted by molar-refractivity contribution is -0.291. The molecule has 0 saturated carbocycles. The van der Waals surface area contributed by atoms with Gasteiger partial charge in [0.25, 0.3) is 0 Å². The van der Waals surface area contributed by atoms with Crippen molar-refractivity contribution in [2.45, 2.75) is 18.1 Å². The number of rotatable bonds is 5. The molecule has 0 bridgehead atoms. The van der Waals surface area contributed by atoms with E-state index in [0.717, 1.165) is 12.1 Å². The monoisotopic (exact) mass is 315 g/mol. The Balaban J connectivity index is 3.38. The van der Waals surface area contributed by atoms with E-state index in [-0.39, 0.29) is 17.2 Å². The molecule has 2 N–H and O–H groups in total.